The Balaban J connectivity index is 1.79. The van der Waals surface area contributed by atoms with Crippen LogP contribution in [0.2, 0.25) is 0 Å². The highest BCUT2D eigenvalue weighted by molar-refractivity contribution is 5.64. The topological polar surface area (TPSA) is 68.5 Å². The summed E-state index contributed by atoms with van der Waals surface area (Å²) in [5.41, 5.74) is 3.06. The molecule has 1 aliphatic rings. The summed E-state index contributed by atoms with van der Waals surface area (Å²) in [6.07, 6.45) is 3.17. The van der Waals surface area contributed by atoms with Crippen molar-refractivity contribution in [3.05, 3.63) is 42.0 Å². The number of hydrogen-bond acceptors (Lipinski definition) is 5. The van der Waals surface area contributed by atoms with E-state index in [1.54, 1.807) is 11.8 Å². The zero-order chi connectivity index (χ0) is 16.8. The quantitative estimate of drug-likeness (QED) is 0.763. The minimum Gasteiger partial charge on any atom is -0.497 e. The molecule has 2 heterocycles. The first-order chi connectivity index (χ1) is 11.8. The molecule has 0 unspecified atom stereocenters. The first-order valence-corrected chi connectivity index (χ1v) is 8.13. The summed E-state index contributed by atoms with van der Waals surface area (Å²) in [4.78, 5) is 0. The fraction of sp³-hybridized carbons (Fsp3) is 0.389. The highest BCUT2D eigenvalue weighted by Crippen LogP contribution is 2.25. The lowest BCUT2D eigenvalue weighted by Crippen LogP contribution is -2.16. The van der Waals surface area contributed by atoms with Crippen LogP contribution in [0.5, 0.6) is 5.75 Å². The van der Waals surface area contributed by atoms with E-state index in [1.807, 2.05) is 30.3 Å². The van der Waals surface area contributed by atoms with Crippen molar-refractivity contribution in [3.63, 3.8) is 0 Å². The first-order valence-electron chi connectivity index (χ1n) is 8.13. The third kappa shape index (κ3) is 3.96. The number of nitrogens with one attached hydrogen (secondary N) is 1. The van der Waals surface area contributed by atoms with E-state index in [0.717, 1.165) is 35.9 Å². The van der Waals surface area contributed by atoms with Crippen LogP contribution >= 0.6 is 0 Å². The zero-order valence-electron chi connectivity index (χ0n) is 13.9. The predicted octanol–water partition coefficient (Wildman–Crippen LogP) is 2.31. The molecule has 0 fully saturated rings. The Morgan fingerprint density at radius 3 is 3.04 bits per heavy atom. The number of ether oxygens (including phenoxy) is 2. The molecule has 1 aromatic heterocycles. The number of nitrogens with zero attached hydrogens (tertiary/aromatic N) is 2. The van der Waals surface area contributed by atoms with E-state index in [1.165, 1.54) is 5.57 Å². The second kappa shape index (κ2) is 7.99. The Morgan fingerprint density at radius 2 is 2.29 bits per heavy atom. The van der Waals surface area contributed by atoms with Crippen molar-refractivity contribution in [3.8, 4) is 17.0 Å². The molecule has 6 heteroatoms. The van der Waals surface area contributed by atoms with Gasteiger partial charge in [0.2, 0.25) is 0 Å². The fourth-order valence-electron chi connectivity index (χ4n) is 2.68. The number of anilines is 1. The molecule has 1 aromatic carbocycles. The number of aliphatic hydroxyl groups excluding tert-OH is 1. The Morgan fingerprint density at radius 1 is 1.38 bits per heavy atom. The van der Waals surface area contributed by atoms with E-state index in [9.17, 15) is 5.11 Å². The van der Waals surface area contributed by atoms with Gasteiger partial charge >= 0.3 is 0 Å². The van der Waals surface area contributed by atoms with Gasteiger partial charge in [-0.25, -0.2) is 4.68 Å². The Kier molecular flexibility index (Phi) is 5.51. The third-order valence-corrected chi connectivity index (χ3v) is 3.94. The smallest absolute Gasteiger partial charge is 0.125 e. The van der Waals surface area contributed by atoms with E-state index in [-0.39, 0.29) is 6.61 Å². The molecule has 24 heavy (non-hydrogen) atoms. The van der Waals surface area contributed by atoms with Gasteiger partial charge in [0, 0.05) is 18.2 Å². The first kappa shape index (κ1) is 16.5. The van der Waals surface area contributed by atoms with Gasteiger partial charge in [-0.2, -0.15) is 5.10 Å². The second-order valence-electron chi connectivity index (χ2n) is 5.65. The lowest BCUT2D eigenvalue weighted by atomic mass is 10.1. The number of methoxy groups -OCH3 is 1. The Bertz CT molecular complexity index is 709. The molecule has 0 amide bonds. The van der Waals surface area contributed by atoms with Gasteiger partial charge < -0.3 is 19.9 Å². The van der Waals surface area contributed by atoms with Crippen molar-refractivity contribution in [1.82, 2.24) is 9.78 Å². The van der Waals surface area contributed by atoms with Gasteiger partial charge in [0.25, 0.3) is 0 Å². The van der Waals surface area contributed by atoms with Crippen molar-refractivity contribution in [2.75, 3.05) is 38.8 Å². The number of aliphatic hydroxyl groups is 1. The SMILES string of the molecule is COc1cccc(-c2cc(NCC3=CCCOC3)n(CCO)n2)c1. The third-order valence-electron chi connectivity index (χ3n) is 3.94. The maximum Gasteiger partial charge on any atom is 0.125 e. The van der Waals surface area contributed by atoms with Crippen LogP contribution in [0, 0.1) is 0 Å². The maximum atomic E-state index is 9.28. The monoisotopic (exact) mass is 329 g/mol. The molecule has 3 rings (SSSR count). The van der Waals surface area contributed by atoms with Gasteiger partial charge in [-0.1, -0.05) is 18.2 Å². The van der Waals surface area contributed by atoms with E-state index in [0.29, 0.717) is 19.7 Å². The van der Waals surface area contributed by atoms with Gasteiger partial charge in [0.05, 0.1) is 39.2 Å². The minimum absolute atomic E-state index is 0.0414. The minimum atomic E-state index is 0.0414. The molecule has 0 spiro atoms. The van der Waals surface area contributed by atoms with Gasteiger partial charge in [-0.05, 0) is 24.1 Å². The molecule has 0 aliphatic carbocycles. The van der Waals surface area contributed by atoms with Crippen LogP contribution < -0.4 is 10.1 Å². The molecule has 6 nitrogen and oxygen atoms in total. The summed E-state index contributed by atoms with van der Waals surface area (Å²) in [7, 11) is 1.65. The van der Waals surface area contributed by atoms with Crippen molar-refractivity contribution in [1.29, 1.82) is 0 Å². The van der Waals surface area contributed by atoms with Gasteiger partial charge in [-0.3, -0.25) is 0 Å². The number of aromatic nitrogens is 2. The molecule has 0 bridgehead atoms. The number of benzene rings is 1. The van der Waals surface area contributed by atoms with Gasteiger partial charge in [-0.15, -0.1) is 0 Å². The molecule has 0 radical (unpaired) electrons. The number of hydrogen-bond donors (Lipinski definition) is 2. The van der Waals surface area contributed by atoms with Crippen molar-refractivity contribution >= 4 is 5.82 Å². The second-order valence-corrected chi connectivity index (χ2v) is 5.65. The molecule has 0 saturated heterocycles. The predicted molar refractivity (Wildman–Crippen MR) is 93.3 cm³/mol. The molecule has 0 saturated carbocycles. The van der Waals surface area contributed by atoms with Crippen molar-refractivity contribution < 1.29 is 14.6 Å². The average Bonchev–Trinajstić information content (AvgIpc) is 3.04. The molecule has 128 valence electrons. The van der Waals surface area contributed by atoms with Crippen LogP contribution in [0.25, 0.3) is 11.3 Å². The molecule has 1 aliphatic heterocycles. The lowest BCUT2D eigenvalue weighted by Gasteiger charge is -2.15. The summed E-state index contributed by atoms with van der Waals surface area (Å²) in [6, 6.07) is 9.79. The van der Waals surface area contributed by atoms with Crippen LogP contribution in [0.1, 0.15) is 6.42 Å². The standard InChI is InChI=1S/C18H23N3O3/c1-23-16-6-2-5-15(10-16)17-11-18(21(20-17)7-8-22)19-12-14-4-3-9-24-13-14/h2,4-6,10-11,19,22H,3,7-9,12-13H2,1H3. The summed E-state index contributed by atoms with van der Waals surface area (Å²) < 4.78 is 12.5. The van der Waals surface area contributed by atoms with Gasteiger partial charge in [0.1, 0.15) is 11.6 Å². The normalized spacial score (nSPS) is 14.3. The van der Waals surface area contributed by atoms with Crippen molar-refractivity contribution in [2.45, 2.75) is 13.0 Å². The van der Waals surface area contributed by atoms with E-state index < -0.39 is 0 Å². The van der Waals surface area contributed by atoms with Crippen LogP contribution in [-0.2, 0) is 11.3 Å². The summed E-state index contributed by atoms with van der Waals surface area (Å²) in [5.74, 6) is 1.68. The lowest BCUT2D eigenvalue weighted by molar-refractivity contribution is 0.150. The van der Waals surface area contributed by atoms with Crippen LogP contribution in [0.3, 0.4) is 0 Å². The largest absolute Gasteiger partial charge is 0.497 e. The average molecular weight is 329 g/mol. The fourth-order valence-corrected chi connectivity index (χ4v) is 2.68. The highest BCUT2D eigenvalue weighted by atomic mass is 16.5. The molecule has 2 aromatic rings. The van der Waals surface area contributed by atoms with Crippen LogP contribution in [0.15, 0.2) is 42.0 Å². The Hall–Kier alpha value is -2.31. The van der Waals surface area contributed by atoms with Crippen LogP contribution in [-0.4, -0.2) is 48.4 Å². The highest BCUT2D eigenvalue weighted by Gasteiger charge is 2.11. The summed E-state index contributed by atoms with van der Waals surface area (Å²) in [6.45, 7) is 2.67. The van der Waals surface area contributed by atoms with Crippen molar-refractivity contribution in [2.24, 2.45) is 0 Å². The summed E-state index contributed by atoms with van der Waals surface area (Å²) in [5, 5.41) is 17.3. The molecule has 2 N–H and O–H groups in total. The zero-order valence-corrected chi connectivity index (χ0v) is 13.9. The molecule has 0 atom stereocenters. The molecular formula is C18H23N3O3. The van der Waals surface area contributed by atoms with E-state index >= 15 is 0 Å². The summed E-state index contributed by atoms with van der Waals surface area (Å²) >= 11 is 0. The van der Waals surface area contributed by atoms with E-state index in [4.69, 9.17) is 9.47 Å². The molecular weight excluding hydrogens is 306 g/mol. The van der Waals surface area contributed by atoms with E-state index in [2.05, 4.69) is 16.5 Å². The number of rotatable bonds is 7. The van der Waals surface area contributed by atoms with Gasteiger partial charge in [0.15, 0.2) is 0 Å². The Labute approximate surface area is 141 Å². The maximum absolute atomic E-state index is 9.28. The van der Waals surface area contributed by atoms with Crippen LogP contribution in [0.4, 0.5) is 5.82 Å².